The molecular weight excluding hydrogens is 813 g/mol. The number of ether oxygens (including phenoxy) is 4. The molecule has 3 heterocycles. The molecule has 62 heavy (non-hydrogen) atoms. The first-order valence-electron chi connectivity index (χ1n) is 19.9. The lowest BCUT2D eigenvalue weighted by Crippen LogP contribution is -2.48. The topological polar surface area (TPSA) is 203 Å². The summed E-state index contributed by atoms with van der Waals surface area (Å²) in [5.41, 5.74) is -2.08. The summed E-state index contributed by atoms with van der Waals surface area (Å²) >= 11 is 0. The molecule has 0 aliphatic carbocycles. The summed E-state index contributed by atoms with van der Waals surface area (Å²) in [5.74, 6) is -2.95. The zero-order valence-electron chi connectivity index (χ0n) is 37.3. The third-order valence-electron chi connectivity index (χ3n) is 8.24. The molecule has 4 rings (SSSR count). The van der Waals surface area contributed by atoms with Crippen molar-refractivity contribution in [2.45, 2.75) is 118 Å². The molecule has 338 valence electrons. The Morgan fingerprint density at radius 1 is 0.629 bits per heavy atom. The van der Waals surface area contributed by atoms with Gasteiger partial charge in [-0.05, 0) is 125 Å². The summed E-state index contributed by atoms with van der Waals surface area (Å²) in [5, 5.41) is 7.48. The molecule has 3 N–H and O–H groups in total. The van der Waals surface area contributed by atoms with Crippen LogP contribution in [-0.4, -0.2) is 101 Å². The smallest absolute Gasteiger partial charge is 0.437 e. The van der Waals surface area contributed by atoms with Gasteiger partial charge in [0.15, 0.2) is 5.76 Å². The van der Waals surface area contributed by atoms with Crippen molar-refractivity contribution in [3.8, 4) is 0 Å². The minimum Gasteiger partial charge on any atom is -0.459 e. The molecule has 0 saturated carbocycles. The third-order valence-corrected chi connectivity index (χ3v) is 8.24. The van der Waals surface area contributed by atoms with Gasteiger partial charge in [-0.2, -0.15) is 0 Å². The quantitative estimate of drug-likeness (QED) is 0.150. The number of guanidine groups is 2. The van der Waals surface area contributed by atoms with Gasteiger partial charge in [0.05, 0.1) is 6.26 Å². The molecule has 0 fully saturated rings. The average molecular weight is 870 g/mol. The van der Waals surface area contributed by atoms with Crippen LogP contribution >= 0.6 is 0 Å². The van der Waals surface area contributed by atoms with Gasteiger partial charge in [0.2, 0.25) is 11.9 Å². The minimum atomic E-state index is -0.954. The average Bonchev–Trinajstić information content (AvgIpc) is 3.59. The van der Waals surface area contributed by atoms with Gasteiger partial charge in [-0.15, -0.1) is 9.98 Å². The molecule has 0 unspecified atom stereocenters. The predicted octanol–water partition coefficient (Wildman–Crippen LogP) is 8.62. The van der Waals surface area contributed by atoms with Gasteiger partial charge >= 0.3 is 24.4 Å². The van der Waals surface area contributed by atoms with Gasteiger partial charge in [-0.1, -0.05) is 12.2 Å². The van der Waals surface area contributed by atoms with Gasteiger partial charge in [0.25, 0.3) is 5.91 Å². The van der Waals surface area contributed by atoms with Crippen molar-refractivity contribution in [1.29, 1.82) is 0 Å². The van der Waals surface area contributed by atoms with Crippen LogP contribution in [0.1, 0.15) is 118 Å². The second-order valence-corrected chi connectivity index (χ2v) is 18.4. The van der Waals surface area contributed by atoms with Crippen LogP contribution in [-0.2, 0) is 18.9 Å². The highest BCUT2D eigenvalue weighted by molar-refractivity contribution is 6.03. The maximum absolute atomic E-state index is 15.6. The summed E-state index contributed by atoms with van der Waals surface area (Å²) in [4.78, 5) is 74.6. The molecule has 1 aromatic carbocycles. The van der Waals surface area contributed by atoms with E-state index in [1.807, 2.05) is 6.08 Å². The molecule has 5 amide bonds. The lowest BCUT2D eigenvalue weighted by molar-refractivity contribution is 0.0536. The zero-order chi connectivity index (χ0) is 46.4. The largest absolute Gasteiger partial charge is 0.459 e. The van der Waals surface area contributed by atoms with Gasteiger partial charge in [0, 0.05) is 43.0 Å². The van der Waals surface area contributed by atoms with E-state index in [0.29, 0.717) is 24.1 Å². The van der Waals surface area contributed by atoms with Crippen LogP contribution in [0.2, 0.25) is 0 Å². The van der Waals surface area contributed by atoms with Crippen LogP contribution in [0.5, 0.6) is 0 Å². The van der Waals surface area contributed by atoms with E-state index in [1.165, 1.54) is 17.2 Å². The van der Waals surface area contributed by atoms with Gasteiger partial charge in [-0.3, -0.25) is 15.4 Å². The number of anilines is 1. The van der Waals surface area contributed by atoms with E-state index in [4.69, 9.17) is 23.4 Å². The Hall–Kier alpha value is -6.27. The normalized spacial score (nSPS) is 15.5. The highest BCUT2D eigenvalue weighted by atomic mass is 19.1. The van der Waals surface area contributed by atoms with Gasteiger partial charge < -0.3 is 38.5 Å². The molecule has 1 aromatic heterocycles. The molecule has 0 atom stereocenters. The number of hydrogen-bond acceptors (Lipinski definition) is 10. The lowest BCUT2D eigenvalue weighted by atomic mass is 9.98. The molecule has 0 bridgehead atoms. The van der Waals surface area contributed by atoms with Crippen LogP contribution < -0.4 is 16.0 Å². The van der Waals surface area contributed by atoms with E-state index in [2.05, 4.69) is 25.9 Å². The monoisotopic (exact) mass is 869 g/mol. The molecular formula is C43H57F2N7O10. The van der Waals surface area contributed by atoms with Crippen molar-refractivity contribution in [3.63, 3.8) is 0 Å². The fraction of sp³-hybridized carbons (Fsp3) is 0.512. The highest BCUT2D eigenvalue weighted by Gasteiger charge is 2.28. The highest BCUT2D eigenvalue weighted by Crippen LogP contribution is 2.31. The summed E-state index contributed by atoms with van der Waals surface area (Å²) in [6, 6.07) is 3.48. The molecule has 2 aliphatic rings. The molecule has 17 nitrogen and oxygen atoms in total. The lowest BCUT2D eigenvalue weighted by Gasteiger charge is -2.30. The number of carbonyl (C=O) groups is 5. The fourth-order valence-electron chi connectivity index (χ4n) is 5.87. The van der Waals surface area contributed by atoms with Crippen molar-refractivity contribution in [1.82, 2.24) is 20.4 Å². The second kappa shape index (κ2) is 19.2. The number of benzene rings is 1. The first kappa shape index (κ1) is 48.4. The Morgan fingerprint density at radius 3 is 1.44 bits per heavy atom. The van der Waals surface area contributed by atoms with E-state index < -0.39 is 64.3 Å². The van der Waals surface area contributed by atoms with Crippen molar-refractivity contribution in [2.75, 3.05) is 31.5 Å². The van der Waals surface area contributed by atoms with E-state index in [-0.39, 0.29) is 55.0 Å². The standard InChI is InChI=1S/C43H57F2N7O10/c1-40(2,3)59-36(54)47-34(48-37(55)60-41(4,5)6)51-17-13-25(14-18-51)27-21-31(58-24-27)33(53)46-28-22-29(44)32(30(45)23-28)26-15-19-52(20-16-26)35(49-38(56)61-42(7,8)9)50-39(57)62-43(10,11)12/h13,15,21-24H,14,16-20H2,1-12H3,(H,46,53)(H,47,48,54,55)(H,49,50,56,57). The summed E-state index contributed by atoms with van der Waals surface area (Å²) in [6.45, 7) is 20.8. The number of nitrogens with zero attached hydrogens (tertiary/aromatic N) is 4. The molecule has 19 heteroatoms. The Labute approximate surface area is 359 Å². The first-order valence-corrected chi connectivity index (χ1v) is 19.9. The number of carbonyl (C=O) groups excluding carboxylic acids is 5. The first-order chi connectivity index (χ1) is 28.5. The molecule has 2 aromatic rings. The molecule has 2 aliphatic heterocycles. The second-order valence-electron chi connectivity index (χ2n) is 18.4. The number of hydrogen-bond donors (Lipinski definition) is 3. The van der Waals surface area contributed by atoms with Crippen molar-refractivity contribution >= 4 is 59.0 Å². The van der Waals surface area contributed by atoms with Crippen LogP contribution in [0.15, 0.2) is 51.0 Å². The van der Waals surface area contributed by atoms with Crippen molar-refractivity contribution in [3.05, 3.63) is 65.1 Å². The summed E-state index contributed by atoms with van der Waals surface area (Å²) < 4.78 is 57.9. The SMILES string of the molecule is CC(C)(C)OC(=O)N=C(NC(=O)OC(C)(C)C)N1CC=C(c2coc(C(=O)Nc3cc(F)c(C4=CCN(C(=NC(=O)OC(C)(C)C)NC(=O)OC(C)(C)C)CC4)c(F)c3)c2)CC1. The Balaban J connectivity index is 1.44. The van der Waals surface area contributed by atoms with E-state index in [9.17, 15) is 24.0 Å². The minimum absolute atomic E-state index is 0.0171. The van der Waals surface area contributed by atoms with Gasteiger partial charge in [0.1, 0.15) is 34.0 Å². The van der Waals surface area contributed by atoms with E-state index in [1.54, 1.807) is 94.1 Å². The third kappa shape index (κ3) is 15.3. The van der Waals surface area contributed by atoms with Crippen molar-refractivity contribution in [2.24, 2.45) is 9.98 Å². The summed E-state index contributed by atoms with van der Waals surface area (Å²) in [7, 11) is 0. The maximum Gasteiger partial charge on any atom is 0.437 e. The Bertz CT molecular complexity index is 2140. The summed E-state index contributed by atoms with van der Waals surface area (Å²) in [6.07, 6.45) is 1.71. The zero-order valence-corrected chi connectivity index (χ0v) is 37.3. The molecule has 0 radical (unpaired) electrons. The number of nitrogens with one attached hydrogen (secondary N) is 3. The maximum atomic E-state index is 15.6. The number of furan rings is 1. The van der Waals surface area contributed by atoms with Crippen LogP contribution in [0.4, 0.5) is 33.6 Å². The van der Waals surface area contributed by atoms with Crippen LogP contribution in [0.3, 0.4) is 0 Å². The van der Waals surface area contributed by atoms with Gasteiger partial charge in [-0.25, -0.2) is 28.0 Å². The number of alkyl carbamates (subject to hydrolysis) is 2. The number of amides is 5. The number of aliphatic imine (C=N–C) groups is 2. The number of halogens is 2. The molecule has 0 spiro atoms. The fourth-order valence-corrected chi connectivity index (χ4v) is 5.87. The van der Waals surface area contributed by atoms with Crippen molar-refractivity contribution < 1.29 is 56.1 Å². The van der Waals surface area contributed by atoms with E-state index >= 15 is 8.78 Å². The Kier molecular flexibility index (Phi) is 15.0. The molecule has 0 saturated heterocycles. The van der Waals surface area contributed by atoms with Crippen LogP contribution in [0, 0.1) is 11.6 Å². The van der Waals surface area contributed by atoms with Crippen LogP contribution in [0.25, 0.3) is 11.1 Å². The predicted molar refractivity (Wildman–Crippen MR) is 227 cm³/mol. The number of rotatable bonds is 4. The van der Waals surface area contributed by atoms with E-state index in [0.717, 1.165) is 17.7 Å². The Morgan fingerprint density at radius 2 is 1.05 bits per heavy atom.